The Kier molecular flexibility index (Phi) is 4.60. The van der Waals surface area contributed by atoms with E-state index in [1.54, 1.807) is 11.3 Å². The molecule has 1 saturated heterocycles. The van der Waals surface area contributed by atoms with Crippen molar-refractivity contribution in [2.75, 3.05) is 11.9 Å². The summed E-state index contributed by atoms with van der Waals surface area (Å²) < 4.78 is 0. The highest BCUT2D eigenvalue weighted by Gasteiger charge is 2.15. The fourth-order valence-electron chi connectivity index (χ4n) is 2.29. The van der Waals surface area contributed by atoms with Gasteiger partial charge >= 0.3 is 0 Å². The summed E-state index contributed by atoms with van der Waals surface area (Å²) in [5.74, 6) is 0. The van der Waals surface area contributed by atoms with Crippen molar-refractivity contribution in [2.24, 2.45) is 0 Å². The Balaban J connectivity index is 1.75. The third kappa shape index (κ3) is 3.76. The molecule has 2 N–H and O–H groups in total. The first-order valence-corrected chi connectivity index (χ1v) is 7.12. The maximum absolute atomic E-state index is 4.25. The highest BCUT2D eigenvalue weighted by atomic mass is 32.1. The summed E-state index contributed by atoms with van der Waals surface area (Å²) in [6, 6.07) is 1.19. The summed E-state index contributed by atoms with van der Waals surface area (Å²) in [7, 11) is 0. The molecule has 1 aromatic heterocycles. The topological polar surface area (TPSA) is 37.0 Å². The van der Waals surface area contributed by atoms with E-state index in [0.717, 1.165) is 5.13 Å². The fraction of sp³-hybridized carbons (Fsp3) is 0.750. The van der Waals surface area contributed by atoms with Gasteiger partial charge in [-0.25, -0.2) is 4.98 Å². The van der Waals surface area contributed by atoms with Crippen LogP contribution in [0.1, 0.15) is 39.0 Å². The van der Waals surface area contributed by atoms with Crippen molar-refractivity contribution in [1.29, 1.82) is 0 Å². The van der Waals surface area contributed by atoms with Crippen molar-refractivity contribution >= 4 is 16.5 Å². The lowest BCUT2D eigenvalue weighted by Gasteiger charge is -2.21. The second kappa shape index (κ2) is 6.21. The molecular formula is C12H21N3S. The van der Waals surface area contributed by atoms with Crippen molar-refractivity contribution < 1.29 is 0 Å². The van der Waals surface area contributed by atoms with Crippen LogP contribution in [0.2, 0.25) is 0 Å². The van der Waals surface area contributed by atoms with Crippen LogP contribution in [-0.2, 0) is 0 Å². The molecule has 2 unspecified atom stereocenters. The number of nitrogens with zero attached hydrogens (tertiary/aromatic N) is 1. The molecule has 16 heavy (non-hydrogen) atoms. The average molecular weight is 239 g/mol. The molecule has 0 aliphatic carbocycles. The first-order valence-electron chi connectivity index (χ1n) is 6.24. The molecule has 0 radical (unpaired) electrons. The summed E-state index contributed by atoms with van der Waals surface area (Å²) in [5, 5.41) is 10.1. The lowest BCUT2D eigenvalue weighted by atomic mass is 10.0. The van der Waals surface area contributed by atoms with E-state index >= 15 is 0 Å². The number of nitrogens with one attached hydrogen (secondary N) is 2. The number of hydrogen-bond donors (Lipinski definition) is 2. The van der Waals surface area contributed by atoms with E-state index in [-0.39, 0.29) is 0 Å². The molecule has 0 amide bonds. The average Bonchev–Trinajstić information content (AvgIpc) is 2.62. The van der Waals surface area contributed by atoms with Crippen LogP contribution in [0.5, 0.6) is 0 Å². The van der Waals surface area contributed by atoms with E-state index in [2.05, 4.69) is 22.5 Å². The minimum absolute atomic E-state index is 0.502. The molecule has 4 heteroatoms. The molecule has 90 valence electrons. The van der Waals surface area contributed by atoms with Crippen molar-refractivity contribution in [2.45, 2.75) is 51.1 Å². The number of rotatable bonds is 4. The second-order valence-corrected chi connectivity index (χ2v) is 5.51. The van der Waals surface area contributed by atoms with Crippen LogP contribution in [0.3, 0.4) is 0 Å². The van der Waals surface area contributed by atoms with E-state index in [1.807, 2.05) is 11.6 Å². The van der Waals surface area contributed by atoms with Gasteiger partial charge in [0.2, 0.25) is 0 Å². The smallest absolute Gasteiger partial charge is 0.182 e. The molecule has 2 atom stereocenters. The van der Waals surface area contributed by atoms with Crippen LogP contribution in [0.25, 0.3) is 0 Å². The molecule has 0 spiro atoms. The Morgan fingerprint density at radius 1 is 1.56 bits per heavy atom. The summed E-state index contributed by atoms with van der Waals surface area (Å²) in [5.41, 5.74) is 0. The number of hydrogen-bond acceptors (Lipinski definition) is 4. The zero-order chi connectivity index (χ0) is 11.2. The van der Waals surface area contributed by atoms with E-state index in [1.165, 1.54) is 38.6 Å². The quantitative estimate of drug-likeness (QED) is 0.848. The van der Waals surface area contributed by atoms with Crippen molar-refractivity contribution in [3.05, 3.63) is 11.6 Å². The van der Waals surface area contributed by atoms with E-state index in [0.29, 0.717) is 12.1 Å². The third-order valence-electron chi connectivity index (χ3n) is 3.10. The van der Waals surface area contributed by atoms with Gasteiger partial charge in [0.15, 0.2) is 5.13 Å². The molecule has 2 heterocycles. The van der Waals surface area contributed by atoms with Gasteiger partial charge in [-0.1, -0.05) is 12.8 Å². The lowest BCUT2D eigenvalue weighted by molar-refractivity contribution is 0.456. The summed E-state index contributed by atoms with van der Waals surface area (Å²) in [4.78, 5) is 4.25. The van der Waals surface area contributed by atoms with Crippen molar-refractivity contribution in [3.8, 4) is 0 Å². The molecule has 0 saturated carbocycles. The zero-order valence-electron chi connectivity index (χ0n) is 9.91. The Bertz CT molecular complexity index is 278. The van der Waals surface area contributed by atoms with Gasteiger partial charge in [0, 0.05) is 23.7 Å². The zero-order valence-corrected chi connectivity index (χ0v) is 10.7. The molecule has 1 fully saturated rings. The summed E-state index contributed by atoms with van der Waals surface area (Å²) in [6.45, 7) is 3.43. The first-order chi connectivity index (χ1) is 7.84. The molecule has 1 aromatic rings. The number of thiazole rings is 1. The first kappa shape index (κ1) is 11.9. The maximum Gasteiger partial charge on any atom is 0.182 e. The SMILES string of the molecule is CC(CC1CCCCCN1)Nc1nccs1. The predicted octanol–water partition coefficient (Wildman–Crippen LogP) is 2.87. The van der Waals surface area contributed by atoms with Crippen LogP contribution >= 0.6 is 11.3 Å². The van der Waals surface area contributed by atoms with E-state index < -0.39 is 0 Å². The van der Waals surface area contributed by atoms with E-state index in [4.69, 9.17) is 0 Å². The van der Waals surface area contributed by atoms with Gasteiger partial charge in [-0.15, -0.1) is 11.3 Å². The monoisotopic (exact) mass is 239 g/mol. The van der Waals surface area contributed by atoms with Crippen LogP contribution in [0, 0.1) is 0 Å². The molecule has 0 bridgehead atoms. The fourth-order valence-corrected chi connectivity index (χ4v) is 2.93. The molecule has 2 rings (SSSR count). The summed E-state index contributed by atoms with van der Waals surface area (Å²) >= 11 is 1.67. The van der Waals surface area contributed by atoms with Gasteiger partial charge in [0.05, 0.1) is 0 Å². The van der Waals surface area contributed by atoms with Gasteiger partial charge in [0.1, 0.15) is 0 Å². The Labute approximate surface area is 102 Å². The van der Waals surface area contributed by atoms with Crippen LogP contribution in [0.4, 0.5) is 5.13 Å². The van der Waals surface area contributed by atoms with Gasteiger partial charge in [-0.3, -0.25) is 0 Å². The van der Waals surface area contributed by atoms with Crippen LogP contribution < -0.4 is 10.6 Å². The molecule has 3 nitrogen and oxygen atoms in total. The second-order valence-electron chi connectivity index (χ2n) is 4.62. The Morgan fingerprint density at radius 2 is 2.50 bits per heavy atom. The van der Waals surface area contributed by atoms with E-state index in [9.17, 15) is 0 Å². The predicted molar refractivity (Wildman–Crippen MR) is 70.1 cm³/mol. The van der Waals surface area contributed by atoms with Crippen molar-refractivity contribution in [1.82, 2.24) is 10.3 Å². The lowest BCUT2D eigenvalue weighted by Crippen LogP contribution is -2.33. The normalized spacial score (nSPS) is 23.7. The minimum Gasteiger partial charge on any atom is -0.359 e. The Hall–Kier alpha value is -0.610. The summed E-state index contributed by atoms with van der Waals surface area (Å²) in [6.07, 6.45) is 8.47. The van der Waals surface area contributed by atoms with Crippen molar-refractivity contribution in [3.63, 3.8) is 0 Å². The largest absolute Gasteiger partial charge is 0.359 e. The molecule has 0 aromatic carbocycles. The van der Waals surface area contributed by atoms with Gasteiger partial charge in [0.25, 0.3) is 0 Å². The van der Waals surface area contributed by atoms with Gasteiger partial charge < -0.3 is 10.6 Å². The number of anilines is 1. The molecule has 1 aliphatic heterocycles. The number of aromatic nitrogens is 1. The van der Waals surface area contributed by atoms with Crippen LogP contribution in [-0.4, -0.2) is 23.6 Å². The standard InChI is InChI=1S/C12H21N3S/c1-10(15-12-14-7-8-16-12)9-11-5-3-2-4-6-13-11/h7-8,10-11,13H,2-6,9H2,1H3,(H,14,15). The maximum atomic E-state index is 4.25. The minimum atomic E-state index is 0.502. The molecular weight excluding hydrogens is 218 g/mol. The highest BCUT2D eigenvalue weighted by molar-refractivity contribution is 7.13. The third-order valence-corrected chi connectivity index (χ3v) is 3.81. The Morgan fingerprint density at radius 3 is 3.31 bits per heavy atom. The van der Waals surface area contributed by atoms with Crippen LogP contribution in [0.15, 0.2) is 11.6 Å². The van der Waals surface area contributed by atoms with Gasteiger partial charge in [-0.2, -0.15) is 0 Å². The highest BCUT2D eigenvalue weighted by Crippen LogP contribution is 2.16. The molecule has 1 aliphatic rings. The van der Waals surface area contributed by atoms with Gasteiger partial charge in [-0.05, 0) is 32.7 Å².